The maximum atomic E-state index is 2.45. The lowest BCUT2D eigenvalue weighted by Crippen LogP contribution is -2.16. The summed E-state index contributed by atoms with van der Waals surface area (Å²) in [6, 6.07) is 84.9. The van der Waals surface area contributed by atoms with E-state index in [0.717, 1.165) is 22.7 Å². The van der Waals surface area contributed by atoms with E-state index in [9.17, 15) is 0 Å². The number of hydrogen-bond acceptors (Lipinski definition) is 5. The SMILES string of the molecule is CC1(C)c2cc(-c3ccc(-c4ccc(-c5ccc(-c6ccc7c(c6)C(C)(C)c6cc(N(c8ccccc8)c8ccccc8)ccc6-7)s5)s4)s3)ccc2-c2ccc(N(c3ccccc3)c3ccccc3)cc21. The molecule has 13 rings (SSSR count). The van der Waals surface area contributed by atoms with Crippen LogP contribution in [0.4, 0.5) is 34.1 Å². The van der Waals surface area contributed by atoms with Crippen LogP contribution < -0.4 is 9.80 Å². The molecule has 0 amide bonds. The molecule has 3 aromatic heterocycles. The van der Waals surface area contributed by atoms with Gasteiger partial charge in [0.2, 0.25) is 0 Å². The molecule has 0 spiro atoms. The van der Waals surface area contributed by atoms with Gasteiger partial charge in [-0.1, -0.05) is 137 Å². The summed E-state index contributed by atoms with van der Waals surface area (Å²) in [4.78, 5) is 12.5. The number of hydrogen-bond donors (Lipinski definition) is 0. The smallest absolute Gasteiger partial charge is 0.0465 e. The van der Waals surface area contributed by atoms with Crippen LogP contribution in [0.5, 0.6) is 0 Å². The molecule has 0 atom stereocenters. The first-order valence-electron chi connectivity index (χ1n) is 24.4. The van der Waals surface area contributed by atoms with Crippen molar-refractivity contribution in [3.05, 3.63) is 253 Å². The average molecular weight is 967 g/mol. The van der Waals surface area contributed by atoms with Crippen molar-refractivity contribution in [3.63, 3.8) is 0 Å². The van der Waals surface area contributed by atoms with Crippen LogP contribution in [-0.4, -0.2) is 0 Å². The van der Waals surface area contributed by atoms with Crippen LogP contribution in [0, 0.1) is 0 Å². The van der Waals surface area contributed by atoms with Gasteiger partial charge in [0.25, 0.3) is 0 Å². The maximum Gasteiger partial charge on any atom is 0.0465 e. The zero-order chi connectivity index (χ0) is 47.8. The molecule has 2 aliphatic carbocycles. The monoisotopic (exact) mass is 966 g/mol. The van der Waals surface area contributed by atoms with Crippen molar-refractivity contribution in [1.82, 2.24) is 0 Å². The highest BCUT2D eigenvalue weighted by molar-refractivity contribution is 7.27. The fourth-order valence-corrected chi connectivity index (χ4v) is 14.3. The van der Waals surface area contributed by atoms with Gasteiger partial charge in [0, 0.05) is 74.2 Å². The van der Waals surface area contributed by atoms with Crippen molar-refractivity contribution < 1.29 is 0 Å². The Balaban J connectivity index is 0.743. The van der Waals surface area contributed by atoms with Crippen LogP contribution >= 0.6 is 34.0 Å². The van der Waals surface area contributed by atoms with Crippen LogP contribution in [0.25, 0.3) is 62.6 Å². The topological polar surface area (TPSA) is 6.48 Å². The molecule has 0 bridgehead atoms. The summed E-state index contributed by atoms with van der Waals surface area (Å²) < 4.78 is 0. The van der Waals surface area contributed by atoms with E-state index < -0.39 is 0 Å². The molecule has 71 heavy (non-hydrogen) atoms. The second kappa shape index (κ2) is 17.1. The zero-order valence-corrected chi connectivity index (χ0v) is 42.5. The predicted octanol–water partition coefficient (Wildman–Crippen LogP) is 20.1. The molecule has 0 saturated carbocycles. The Bertz CT molecular complexity index is 3440. The summed E-state index contributed by atoms with van der Waals surface area (Å²) >= 11 is 5.67. The quantitative estimate of drug-likeness (QED) is 0.135. The summed E-state index contributed by atoms with van der Waals surface area (Å²) in [6.07, 6.45) is 0. The van der Waals surface area contributed by atoms with Crippen LogP contribution in [0.3, 0.4) is 0 Å². The number of benzene rings is 8. The summed E-state index contributed by atoms with van der Waals surface area (Å²) in [7, 11) is 0. The van der Waals surface area contributed by atoms with Gasteiger partial charge >= 0.3 is 0 Å². The number of fused-ring (bicyclic) bond motifs is 6. The summed E-state index contributed by atoms with van der Waals surface area (Å²) in [5, 5.41) is 0. The van der Waals surface area contributed by atoms with Gasteiger partial charge in [0.05, 0.1) is 0 Å². The molecule has 342 valence electrons. The number of para-hydroxylation sites is 4. The average Bonchev–Trinajstić information content (AvgIpc) is 4.27. The van der Waals surface area contributed by atoms with E-state index in [2.05, 4.69) is 268 Å². The zero-order valence-electron chi connectivity index (χ0n) is 40.1. The van der Waals surface area contributed by atoms with E-state index in [0.29, 0.717) is 0 Å². The maximum absolute atomic E-state index is 2.45. The molecule has 3 heterocycles. The lowest BCUT2D eigenvalue weighted by molar-refractivity contribution is 0.660. The van der Waals surface area contributed by atoms with Crippen molar-refractivity contribution in [2.75, 3.05) is 9.80 Å². The minimum absolute atomic E-state index is 0.156. The highest BCUT2D eigenvalue weighted by Crippen LogP contribution is 2.54. The molecule has 2 nitrogen and oxygen atoms in total. The molecule has 0 unspecified atom stereocenters. The third-order valence-corrected chi connectivity index (χ3v) is 18.5. The van der Waals surface area contributed by atoms with Crippen LogP contribution in [0.2, 0.25) is 0 Å². The molecule has 2 aliphatic rings. The second-order valence-corrected chi connectivity index (χ2v) is 23.0. The Kier molecular flexibility index (Phi) is 10.5. The fraction of sp³-hybridized carbons (Fsp3) is 0.0909. The minimum atomic E-state index is -0.156. The molecule has 0 radical (unpaired) electrons. The molecule has 5 heteroatoms. The highest BCUT2D eigenvalue weighted by Gasteiger charge is 2.38. The third-order valence-electron chi connectivity index (χ3n) is 14.8. The Morgan fingerprint density at radius 1 is 0.254 bits per heavy atom. The van der Waals surface area contributed by atoms with E-state index in [1.165, 1.54) is 96.3 Å². The summed E-state index contributed by atoms with van der Waals surface area (Å²) in [5.41, 5.74) is 20.0. The largest absolute Gasteiger partial charge is 0.310 e. The first-order chi connectivity index (χ1) is 34.7. The number of anilines is 6. The van der Waals surface area contributed by atoms with Crippen molar-refractivity contribution in [1.29, 1.82) is 0 Å². The molecule has 11 aromatic rings. The van der Waals surface area contributed by atoms with Crippen molar-refractivity contribution in [2.24, 2.45) is 0 Å². The molecular weight excluding hydrogens is 917 g/mol. The standard InChI is InChI=1S/C66H50N2S3/c1-65(2)55-39-43(25-29-51(55)53-31-27-49(41-57(53)65)67(45-17-9-5-10-18-45)46-19-11-6-12-20-46)59-33-35-61(69-59)63-37-38-64(71-63)62-36-34-60(70-62)44-26-30-52-54-32-28-50(42-58(54)66(3,4)56(52)40-44)68(47-21-13-7-14-22-47)48-23-15-8-16-24-48/h5-42H,1-4H3. The number of nitrogens with zero attached hydrogens (tertiary/aromatic N) is 2. The van der Waals surface area contributed by atoms with Gasteiger partial charge in [0.15, 0.2) is 0 Å². The van der Waals surface area contributed by atoms with Gasteiger partial charge in [-0.05, 0) is 177 Å². The van der Waals surface area contributed by atoms with Gasteiger partial charge < -0.3 is 9.80 Å². The molecule has 8 aromatic carbocycles. The summed E-state index contributed by atoms with van der Waals surface area (Å²) in [5.74, 6) is 0. The van der Waals surface area contributed by atoms with E-state index in [1.54, 1.807) is 0 Å². The van der Waals surface area contributed by atoms with Gasteiger partial charge in [-0.2, -0.15) is 0 Å². The lowest BCUT2D eigenvalue weighted by Gasteiger charge is -2.28. The van der Waals surface area contributed by atoms with Gasteiger partial charge in [-0.15, -0.1) is 34.0 Å². The van der Waals surface area contributed by atoms with Crippen molar-refractivity contribution in [2.45, 2.75) is 38.5 Å². The molecule has 0 N–H and O–H groups in total. The van der Waals surface area contributed by atoms with Crippen LogP contribution in [0.1, 0.15) is 49.9 Å². The molecule has 0 aliphatic heterocycles. The highest BCUT2D eigenvalue weighted by atomic mass is 32.1. The predicted molar refractivity (Wildman–Crippen MR) is 306 cm³/mol. The minimum Gasteiger partial charge on any atom is -0.310 e. The molecule has 0 fully saturated rings. The van der Waals surface area contributed by atoms with Gasteiger partial charge in [0.1, 0.15) is 0 Å². The van der Waals surface area contributed by atoms with Crippen molar-refractivity contribution in [3.8, 4) is 62.6 Å². The second-order valence-electron chi connectivity index (χ2n) is 19.7. The lowest BCUT2D eigenvalue weighted by atomic mass is 9.81. The van der Waals surface area contributed by atoms with E-state index >= 15 is 0 Å². The normalized spacial score (nSPS) is 13.6. The van der Waals surface area contributed by atoms with E-state index in [1.807, 2.05) is 34.0 Å². The Morgan fingerprint density at radius 3 is 0.845 bits per heavy atom. The van der Waals surface area contributed by atoms with E-state index in [4.69, 9.17) is 0 Å². The number of rotatable bonds is 10. The first kappa shape index (κ1) is 43.5. The van der Waals surface area contributed by atoms with Crippen LogP contribution in [0.15, 0.2) is 231 Å². The van der Waals surface area contributed by atoms with Crippen LogP contribution in [-0.2, 0) is 10.8 Å². The summed E-state index contributed by atoms with van der Waals surface area (Å²) in [6.45, 7) is 9.54. The van der Waals surface area contributed by atoms with Gasteiger partial charge in [-0.3, -0.25) is 0 Å². The van der Waals surface area contributed by atoms with E-state index in [-0.39, 0.29) is 10.8 Å². The first-order valence-corrected chi connectivity index (χ1v) is 26.8. The van der Waals surface area contributed by atoms with Crippen molar-refractivity contribution >= 4 is 68.1 Å². The molecule has 0 saturated heterocycles. The fourth-order valence-electron chi connectivity index (χ4n) is 11.1. The molecular formula is C66H50N2S3. The third kappa shape index (κ3) is 7.42. The van der Waals surface area contributed by atoms with Gasteiger partial charge in [-0.25, -0.2) is 0 Å². The Morgan fingerprint density at radius 2 is 0.521 bits per heavy atom. The number of thiophene rings is 3. The Hall–Kier alpha value is -7.54. The Labute approximate surface area is 429 Å².